The van der Waals surface area contributed by atoms with E-state index >= 15 is 0 Å². The highest BCUT2D eigenvalue weighted by Crippen LogP contribution is 2.34. The second-order valence-electron chi connectivity index (χ2n) is 5.40. The molecule has 0 bridgehead atoms. The van der Waals surface area contributed by atoms with Gasteiger partial charge in [-0.3, -0.25) is 4.79 Å². The van der Waals surface area contributed by atoms with Gasteiger partial charge in [-0.1, -0.05) is 20.8 Å². The first-order chi connectivity index (χ1) is 7.11. The zero-order valence-corrected chi connectivity index (χ0v) is 9.90. The van der Waals surface area contributed by atoms with E-state index in [1.807, 2.05) is 20.8 Å². The number of alkyl halides is 3. The fraction of sp³-hybridized carbons (Fsp3) is 0.909. The van der Waals surface area contributed by atoms with Crippen LogP contribution in [0.4, 0.5) is 13.2 Å². The zero-order chi connectivity index (χ0) is 12.6. The van der Waals surface area contributed by atoms with Crippen LogP contribution in [0.5, 0.6) is 0 Å². The second kappa shape index (κ2) is 4.26. The van der Waals surface area contributed by atoms with Gasteiger partial charge in [0.05, 0.1) is 0 Å². The molecule has 1 heterocycles. The van der Waals surface area contributed by atoms with Gasteiger partial charge in [-0.15, -0.1) is 0 Å². The van der Waals surface area contributed by atoms with Gasteiger partial charge >= 0.3 is 6.18 Å². The summed E-state index contributed by atoms with van der Waals surface area (Å²) in [7, 11) is 0. The van der Waals surface area contributed by atoms with E-state index in [1.54, 1.807) is 0 Å². The van der Waals surface area contributed by atoms with Crippen molar-refractivity contribution < 1.29 is 18.0 Å². The molecule has 0 N–H and O–H groups in total. The highest BCUT2D eigenvalue weighted by molar-refractivity contribution is 5.77. The predicted octanol–water partition coefficient (Wildman–Crippen LogP) is 2.98. The van der Waals surface area contributed by atoms with Gasteiger partial charge in [-0.25, -0.2) is 0 Å². The summed E-state index contributed by atoms with van der Waals surface area (Å²) < 4.78 is 36.4. The Morgan fingerprint density at radius 2 is 1.88 bits per heavy atom. The summed E-state index contributed by atoms with van der Waals surface area (Å²) in [4.78, 5) is 12.9. The van der Waals surface area contributed by atoms with Crippen molar-refractivity contribution in [2.24, 2.45) is 5.41 Å². The second-order valence-corrected chi connectivity index (χ2v) is 5.40. The first-order valence-corrected chi connectivity index (χ1v) is 5.47. The standard InChI is InChI=1S/C11H18F3NO/c1-10(2,3)8-5-4-6-15(8)9(16)7-11(12,13)14/h8H,4-7H2,1-3H3. The molecule has 0 radical (unpaired) electrons. The highest BCUT2D eigenvalue weighted by atomic mass is 19.4. The summed E-state index contributed by atoms with van der Waals surface area (Å²) in [5.74, 6) is -0.787. The quantitative estimate of drug-likeness (QED) is 0.686. The summed E-state index contributed by atoms with van der Waals surface area (Å²) in [6.45, 7) is 6.32. The van der Waals surface area contributed by atoms with Gasteiger partial charge in [0, 0.05) is 12.6 Å². The molecule has 1 unspecified atom stereocenters. The number of likely N-dealkylation sites (tertiary alicyclic amines) is 1. The average Bonchev–Trinajstić information content (AvgIpc) is 2.45. The van der Waals surface area contributed by atoms with Gasteiger partial charge in [0.25, 0.3) is 0 Å². The molecule has 0 saturated carbocycles. The summed E-state index contributed by atoms with van der Waals surface area (Å²) in [6, 6.07) is -0.0673. The van der Waals surface area contributed by atoms with Crippen molar-refractivity contribution in [2.45, 2.75) is 52.3 Å². The smallest absolute Gasteiger partial charge is 0.339 e. The lowest BCUT2D eigenvalue weighted by Gasteiger charge is -2.35. The maximum absolute atomic E-state index is 12.1. The molecule has 0 aliphatic carbocycles. The number of nitrogens with zero attached hydrogens (tertiary/aromatic N) is 1. The molecule has 1 saturated heterocycles. The van der Waals surface area contributed by atoms with Crippen LogP contribution in [-0.4, -0.2) is 29.6 Å². The Labute approximate surface area is 93.8 Å². The minimum Gasteiger partial charge on any atom is -0.339 e. The number of hydrogen-bond donors (Lipinski definition) is 0. The SMILES string of the molecule is CC(C)(C)C1CCCN1C(=O)CC(F)(F)F. The van der Waals surface area contributed by atoms with Crippen LogP contribution in [0, 0.1) is 5.41 Å². The lowest BCUT2D eigenvalue weighted by atomic mass is 9.85. The Balaban J connectivity index is 2.69. The van der Waals surface area contributed by atoms with E-state index in [2.05, 4.69) is 0 Å². The van der Waals surface area contributed by atoms with E-state index in [0.717, 1.165) is 12.8 Å². The van der Waals surface area contributed by atoms with Crippen molar-refractivity contribution in [3.8, 4) is 0 Å². The molecule has 5 heteroatoms. The molecule has 1 aliphatic heterocycles. The van der Waals surface area contributed by atoms with Crippen molar-refractivity contribution in [3.63, 3.8) is 0 Å². The maximum Gasteiger partial charge on any atom is 0.397 e. The van der Waals surface area contributed by atoms with Crippen LogP contribution in [0.3, 0.4) is 0 Å². The molecule has 16 heavy (non-hydrogen) atoms. The molecule has 2 nitrogen and oxygen atoms in total. The van der Waals surface area contributed by atoms with E-state index in [1.165, 1.54) is 4.90 Å². The minimum atomic E-state index is -4.40. The summed E-state index contributed by atoms with van der Waals surface area (Å²) >= 11 is 0. The molecule has 1 amide bonds. The molecule has 0 aromatic carbocycles. The Morgan fingerprint density at radius 3 is 2.31 bits per heavy atom. The highest BCUT2D eigenvalue weighted by Gasteiger charge is 2.40. The normalized spacial score (nSPS) is 22.6. The number of amides is 1. The predicted molar refractivity (Wildman–Crippen MR) is 54.9 cm³/mol. The Bertz CT molecular complexity index is 267. The van der Waals surface area contributed by atoms with Crippen LogP contribution in [0.15, 0.2) is 0 Å². The van der Waals surface area contributed by atoms with Gasteiger partial charge in [-0.05, 0) is 18.3 Å². The molecule has 1 atom stereocenters. The lowest BCUT2D eigenvalue weighted by Crippen LogP contribution is -2.44. The summed E-state index contributed by atoms with van der Waals surface area (Å²) in [5.41, 5.74) is -0.155. The minimum absolute atomic E-state index is 0.0673. The monoisotopic (exact) mass is 237 g/mol. The number of rotatable bonds is 1. The first-order valence-electron chi connectivity index (χ1n) is 5.47. The van der Waals surface area contributed by atoms with E-state index in [0.29, 0.717) is 6.54 Å². The van der Waals surface area contributed by atoms with Crippen molar-refractivity contribution in [1.82, 2.24) is 4.90 Å². The molecule has 1 rings (SSSR count). The molecule has 1 aliphatic rings. The Morgan fingerprint density at radius 1 is 1.31 bits per heavy atom. The number of carbonyl (C=O) groups excluding carboxylic acids is 1. The van der Waals surface area contributed by atoms with Gasteiger partial charge in [0.1, 0.15) is 6.42 Å². The first kappa shape index (κ1) is 13.3. The molecular formula is C11H18F3NO. The van der Waals surface area contributed by atoms with E-state index in [9.17, 15) is 18.0 Å². The molecule has 0 spiro atoms. The third-order valence-corrected chi connectivity index (χ3v) is 2.92. The van der Waals surface area contributed by atoms with E-state index in [4.69, 9.17) is 0 Å². The van der Waals surface area contributed by atoms with Crippen LogP contribution in [0.2, 0.25) is 0 Å². The lowest BCUT2D eigenvalue weighted by molar-refractivity contribution is -0.163. The van der Waals surface area contributed by atoms with Gasteiger partial charge in [-0.2, -0.15) is 13.2 Å². The maximum atomic E-state index is 12.1. The van der Waals surface area contributed by atoms with Crippen LogP contribution in [0.25, 0.3) is 0 Å². The van der Waals surface area contributed by atoms with Crippen molar-refractivity contribution in [3.05, 3.63) is 0 Å². The molecule has 0 aromatic heterocycles. The van der Waals surface area contributed by atoms with Crippen LogP contribution < -0.4 is 0 Å². The number of carbonyl (C=O) groups is 1. The van der Waals surface area contributed by atoms with Crippen LogP contribution in [-0.2, 0) is 4.79 Å². The van der Waals surface area contributed by atoms with Gasteiger partial charge in [0.2, 0.25) is 5.91 Å². The fourth-order valence-corrected chi connectivity index (χ4v) is 2.24. The Hall–Kier alpha value is -0.740. The topological polar surface area (TPSA) is 20.3 Å². The van der Waals surface area contributed by atoms with E-state index in [-0.39, 0.29) is 11.5 Å². The molecule has 1 fully saturated rings. The fourth-order valence-electron chi connectivity index (χ4n) is 2.24. The third kappa shape index (κ3) is 3.39. The number of halogens is 3. The number of hydrogen-bond acceptors (Lipinski definition) is 1. The van der Waals surface area contributed by atoms with E-state index < -0.39 is 18.5 Å². The van der Waals surface area contributed by atoms with Crippen LogP contribution >= 0.6 is 0 Å². The van der Waals surface area contributed by atoms with Crippen molar-refractivity contribution >= 4 is 5.91 Å². The molecular weight excluding hydrogens is 219 g/mol. The largest absolute Gasteiger partial charge is 0.397 e. The summed E-state index contributed by atoms with van der Waals surface area (Å²) in [5, 5.41) is 0. The van der Waals surface area contributed by atoms with Crippen molar-refractivity contribution in [1.29, 1.82) is 0 Å². The Kier molecular flexibility index (Phi) is 3.55. The average molecular weight is 237 g/mol. The summed E-state index contributed by atoms with van der Waals surface area (Å²) in [6.07, 6.45) is -4.14. The molecule has 94 valence electrons. The third-order valence-electron chi connectivity index (χ3n) is 2.92. The van der Waals surface area contributed by atoms with Crippen LogP contribution in [0.1, 0.15) is 40.0 Å². The van der Waals surface area contributed by atoms with Gasteiger partial charge < -0.3 is 4.90 Å². The zero-order valence-electron chi connectivity index (χ0n) is 9.90. The van der Waals surface area contributed by atoms with Crippen molar-refractivity contribution in [2.75, 3.05) is 6.54 Å². The van der Waals surface area contributed by atoms with Gasteiger partial charge in [0.15, 0.2) is 0 Å². The molecule has 0 aromatic rings.